The van der Waals surface area contributed by atoms with Crippen LogP contribution in [-0.4, -0.2) is 35.0 Å². The lowest BCUT2D eigenvalue weighted by molar-refractivity contribution is 0.414. The van der Waals surface area contributed by atoms with E-state index in [0.29, 0.717) is 28.9 Å². The first kappa shape index (κ1) is 22.6. The molecule has 0 aliphatic rings. The van der Waals surface area contributed by atoms with Crippen LogP contribution in [0.4, 0.5) is 5.69 Å². The zero-order chi connectivity index (χ0) is 23.6. The minimum atomic E-state index is -3.83. The summed E-state index contributed by atoms with van der Waals surface area (Å²) in [5.41, 5.74) is 2.24. The number of imidazole rings is 1. The van der Waals surface area contributed by atoms with E-state index in [4.69, 9.17) is 21.1 Å². The number of aryl methyl sites for hydroxylation is 1. The summed E-state index contributed by atoms with van der Waals surface area (Å²) in [6.45, 7) is 3.87. The molecular weight excluding hydrogens is 466 g/mol. The van der Waals surface area contributed by atoms with Crippen molar-refractivity contribution in [2.75, 3.05) is 11.8 Å². The molecule has 4 rings (SSSR count). The molecule has 0 aliphatic heterocycles. The minimum Gasteiger partial charge on any atom is -0.495 e. The van der Waals surface area contributed by atoms with Gasteiger partial charge in [0, 0.05) is 17.4 Å². The molecule has 11 heteroatoms. The molecule has 33 heavy (non-hydrogen) atoms. The van der Waals surface area contributed by atoms with Crippen molar-refractivity contribution in [3.63, 3.8) is 0 Å². The largest absolute Gasteiger partial charge is 0.495 e. The number of benzene rings is 2. The number of anilines is 1. The van der Waals surface area contributed by atoms with Gasteiger partial charge in [-0.05, 0) is 56.3 Å². The topological polar surface area (TPSA) is 108 Å². The molecular formula is C22H20ClN5O4S. The van der Waals surface area contributed by atoms with Crippen molar-refractivity contribution in [3.05, 3.63) is 77.6 Å². The molecule has 0 amide bonds. The Labute approximate surface area is 196 Å². The Morgan fingerprint density at radius 2 is 1.76 bits per heavy atom. The highest BCUT2D eigenvalue weighted by Gasteiger charge is 2.16. The van der Waals surface area contributed by atoms with E-state index in [1.807, 2.05) is 18.4 Å². The Kier molecular flexibility index (Phi) is 6.21. The fraction of sp³-hybridized carbons (Fsp3) is 0.136. The van der Waals surface area contributed by atoms with Gasteiger partial charge in [0.1, 0.15) is 30.0 Å². The van der Waals surface area contributed by atoms with E-state index in [1.54, 1.807) is 36.7 Å². The van der Waals surface area contributed by atoms with Crippen molar-refractivity contribution >= 4 is 27.3 Å². The lowest BCUT2D eigenvalue weighted by Gasteiger charge is -2.11. The number of nitrogens with zero attached hydrogens (tertiary/aromatic N) is 4. The summed E-state index contributed by atoms with van der Waals surface area (Å²) in [5.74, 6) is 1.84. The summed E-state index contributed by atoms with van der Waals surface area (Å²) in [4.78, 5) is 12.7. The van der Waals surface area contributed by atoms with E-state index in [2.05, 4.69) is 19.7 Å². The molecule has 4 aromatic rings. The maximum atomic E-state index is 12.7. The van der Waals surface area contributed by atoms with Crippen LogP contribution in [0.15, 0.2) is 66.1 Å². The molecule has 0 saturated heterocycles. The summed E-state index contributed by atoms with van der Waals surface area (Å²) in [6, 6.07) is 12.4. The summed E-state index contributed by atoms with van der Waals surface area (Å²) in [6.07, 6.45) is 3.09. The molecule has 2 aromatic carbocycles. The molecule has 0 atom stereocenters. The van der Waals surface area contributed by atoms with Gasteiger partial charge in [-0.3, -0.25) is 9.29 Å². The third-order valence-electron chi connectivity index (χ3n) is 4.89. The first-order valence-electron chi connectivity index (χ1n) is 9.74. The van der Waals surface area contributed by atoms with Crippen LogP contribution in [0.1, 0.15) is 11.4 Å². The van der Waals surface area contributed by atoms with Gasteiger partial charge in [0.2, 0.25) is 5.88 Å². The van der Waals surface area contributed by atoms with Crippen LogP contribution in [-0.2, 0) is 10.0 Å². The number of methoxy groups -OCH3 is 1. The van der Waals surface area contributed by atoms with Gasteiger partial charge in [-0.15, -0.1) is 0 Å². The SMILES string of the molecule is COc1ccc(S(=O)(=O)Nc2ccc(Oc3cc(-n4cnc(C)c4C)ncn3)cc2)cc1Cl. The zero-order valence-corrected chi connectivity index (χ0v) is 19.6. The standard InChI is InChI=1S/C22H20ClN5O4S/c1-14-15(2)28(13-26-14)21-11-22(25-12-24-21)32-17-6-4-16(5-7-17)27-33(29,30)18-8-9-20(31-3)19(23)10-18/h4-13,27H,1-3H3. The van der Waals surface area contributed by atoms with Crippen LogP contribution in [0, 0.1) is 13.8 Å². The van der Waals surface area contributed by atoms with Crippen LogP contribution < -0.4 is 14.2 Å². The number of hydrogen-bond donors (Lipinski definition) is 1. The van der Waals surface area contributed by atoms with E-state index in [1.165, 1.54) is 31.6 Å². The van der Waals surface area contributed by atoms with Crippen molar-refractivity contribution in [3.8, 4) is 23.2 Å². The fourth-order valence-corrected chi connectivity index (χ4v) is 4.39. The summed E-state index contributed by atoms with van der Waals surface area (Å²) in [7, 11) is -2.37. The van der Waals surface area contributed by atoms with Gasteiger partial charge in [-0.1, -0.05) is 11.6 Å². The summed E-state index contributed by atoms with van der Waals surface area (Å²) >= 11 is 6.05. The third-order valence-corrected chi connectivity index (χ3v) is 6.56. The van der Waals surface area contributed by atoms with Gasteiger partial charge in [0.15, 0.2) is 0 Å². The zero-order valence-electron chi connectivity index (χ0n) is 18.0. The fourth-order valence-electron chi connectivity index (χ4n) is 2.99. The molecule has 9 nitrogen and oxygen atoms in total. The molecule has 0 saturated carbocycles. The molecule has 170 valence electrons. The minimum absolute atomic E-state index is 0.0205. The number of hydrogen-bond acceptors (Lipinski definition) is 7. The Morgan fingerprint density at radius 1 is 1.00 bits per heavy atom. The van der Waals surface area contributed by atoms with Crippen molar-refractivity contribution in [2.24, 2.45) is 0 Å². The number of ether oxygens (including phenoxy) is 2. The molecule has 0 aliphatic carbocycles. The number of sulfonamides is 1. The molecule has 0 unspecified atom stereocenters. The van der Waals surface area contributed by atoms with Gasteiger partial charge < -0.3 is 9.47 Å². The second-order valence-corrected chi connectivity index (χ2v) is 9.12. The first-order valence-corrected chi connectivity index (χ1v) is 11.6. The third kappa shape index (κ3) is 4.91. The van der Waals surface area contributed by atoms with Gasteiger partial charge in [-0.25, -0.2) is 23.4 Å². The lowest BCUT2D eigenvalue weighted by Crippen LogP contribution is -2.12. The lowest BCUT2D eigenvalue weighted by atomic mass is 10.3. The molecule has 2 aromatic heterocycles. The smallest absolute Gasteiger partial charge is 0.261 e. The molecule has 2 heterocycles. The quantitative estimate of drug-likeness (QED) is 0.409. The maximum Gasteiger partial charge on any atom is 0.261 e. The highest BCUT2D eigenvalue weighted by molar-refractivity contribution is 7.92. The van der Waals surface area contributed by atoms with Crippen LogP contribution >= 0.6 is 11.6 Å². The van der Waals surface area contributed by atoms with Gasteiger partial charge in [0.25, 0.3) is 10.0 Å². The number of halogens is 1. The van der Waals surface area contributed by atoms with Crippen LogP contribution in [0.25, 0.3) is 5.82 Å². The summed E-state index contributed by atoms with van der Waals surface area (Å²) < 4.78 is 40.5. The van der Waals surface area contributed by atoms with Crippen molar-refractivity contribution in [1.29, 1.82) is 0 Å². The average Bonchev–Trinajstić information content (AvgIpc) is 3.13. The van der Waals surface area contributed by atoms with Crippen molar-refractivity contribution in [2.45, 2.75) is 18.7 Å². The number of aromatic nitrogens is 4. The van der Waals surface area contributed by atoms with E-state index in [0.717, 1.165) is 11.4 Å². The first-order chi connectivity index (χ1) is 15.8. The van der Waals surface area contributed by atoms with E-state index in [9.17, 15) is 8.42 Å². The van der Waals surface area contributed by atoms with Gasteiger partial charge in [0.05, 0.1) is 22.7 Å². The molecule has 0 spiro atoms. The predicted molar refractivity (Wildman–Crippen MR) is 124 cm³/mol. The van der Waals surface area contributed by atoms with Crippen LogP contribution in [0.3, 0.4) is 0 Å². The number of nitrogens with one attached hydrogen (secondary N) is 1. The van der Waals surface area contributed by atoms with Crippen LogP contribution in [0.5, 0.6) is 17.4 Å². The molecule has 1 N–H and O–H groups in total. The maximum absolute atomic E-state index is 12.7. The predicted octanol–water partition coefficient (Wildman–Crippen LogP) is 4.53. The highest BCUT2D eigenvalue weighted by atomic mass is 35.5. The van der Waals surface area contributed by atoms with Crippen molar-refractivity contribution < 1.29 is 17.9 Å². The van der Waals surface area contributed by atoms with Gasteiger partial charge >= 0.3 is 0 Å². The Balaban J connectivity index is 1.48. The van der Waals surface area contributed by atoms with E-state index >= 15 is 0 Å². The number of rotatable bonds is 7. The second kappa shape index (κ2) is 9.08. The Bertz CT molecular complexity index is 1400. The molecule has 0 radical (unpaired) electrons. The van der Waals surface area contributed by atoms with Crippen LogP contribution in [0.2, 0.25) is 5.02 Å². The monoisotopic (exact) mass is 485 g/mol. The Morgan fingerprint density at radius 3 is 2.39 bits per heavy atom. The van der Waals surface area contributed by atoms with E-state index in [-0.39, 0.29) is 9.92 Å². The highest BCUT2D eigenvalue weighted by Crippen LogP contribution is 2.29. The second-order valence-electron chi connectivity index (χ2n) is 7.03. The average molecular weight is 486 g/mol. The van der Waals surface area contributed by atoms with Gasteiger partial charge in [-0.2, -0.15) is 0 Å². The van der Waals surface area contributed by atoms with Crippen molar-refractivity contribution in [1.82, 2.24) is 19.5 Å². The normalized spacial score (nSPS) is 11.3. The summed E-state index contributed by atoms with van der Waals surface area (Å²) in [5, 5.41) is 0.203. The molecule has 0 bridgehead atoms. The van der Waals surface area contributed by atoms with E-state index < -0.39 is 10.0 Å². The Hall–Kier alpha value is -3.63. The molecule has 0 fully saturated rings.